The van der Waals surface area contributed by atoms with Crippen molar-refractivity contribution in [3.05, 3.63) is 41.2 Å². The lowest BCUT2D eigenvalue weighted by atomic mass is 10.2. The van der Waals surface area contributed by atoms with Crippen LogP contribution in [0.5, 0.6) is 0 Å². The maximum absolute atomic E-state index is 10.7. The minimum absolute atomic E-state index is 0.127. The second-order valence-electron chi connectivity index (χ2n) is 4.17. The van der Waals surface area contributed by atoms with E-state index in [2.05, 4.69) is 10.3 Å². The number of carbonyl (C=O) groups is 1. The molecule has 0 unspecified atom stereocenters. The summed E-state index contributed by atoms with van der Waals surface area (Å²) in [6, 6.07) is 7.66. The summed E-state index contributed by atoms with van der Waals surface area (Å²) in [5.41, 5.74) is 3.02. The first-order valence-electron chi connectivity index (χ1n) is 5.83. The van der Waals surface area contributed by atoms with Gasteiger partial charge in [0.05, 0.1) is 30.1 Å². The van der Waals surface area contributed by atoms with Crippen LogP contribution in [0.4, 0.5) is 0 Å². The molecular formula is C13H15N3O3. The highest BCUT2D eigenvalue weighted by Gasteiger charge is 2.14. The predicted molar refractivity (Wildman–Crippen MR) is 68.1 cm³/mol. The standard InChI is InChI=1S/C13H15N3O3/c1-9-11(7-13(17)18)14-15-16(9)12-6-4-3-5-10(12)8-19-2/h3-6H,7-8H2,1-2H3,(H,17,18). The van der Waals surface area contributed by atoms with Crippen LogP contribution < -0.4 is 0 Å². The highest BCUT2D eigenvalue weighted by molar-refractivity contribution is 5.69. The fourth-order valence-corrected chi connectivity index (χ4v) is 1.89. The Morgan fingerprint density at radius 3 is 2.84 bits per heavy atom. The number of rotatable bonds is 5. The summed E-state index contributed by atoms with van der Waals surface area (Å²) in [7, 11) is 1.63. The zero-order valence-corrected chi connectivity index (χ0v) is 10.8. The summed E-state index contributed by atoms with van der Waals surface area (Å²) in [4.78, 5) is 10.7. The smallest absolute Gasteiger partial charge is 0.309 e. The van der Waals surface area contributed by atoms with E-state index in [0.29, 0.717) is 12.3 Å². The highest BCUT2D eigenvalue weighted by Crippen LogP contribution is 2.17. The topological polar surface area (TPSA) is 77.2 Å². The van der Waals surface area contributed by atoms with Crippen LogP contribution in [-0.4, -0.2) is 33.2 Å². The minimum atomic E-state index is -0.916. The van der Waals surface area contributed by atoms with Gasteiger partial charge in [0.2, 0.25) is 0 Å². The average Bonchev–Trinajstić information content (AvgIpc) is 2.72. The molecule has 0 spiro atoms. The van der Waals surface area contributed by atoms with Crippen LogP contribution in [0, 0.1) is 6.92 Å². The summed E-state index contributed by atoms with van der Waals surface area (Å²) in [5, 5.41) is 16.8. The highest BCUT2D eigenvalue weighted by atomic mass is 16.5. The van der Waals surface area contributed by atoms with E-state index in [1.54, 1.807) is 11.8 Å². The fraction of sp³-hybridized carbons (Fsp3) is 0.308. The van der Waals surface area contributed by atoms with Crippen LogP contribution in [0.3, 0.4) is 0 Å². The van der Waals surface area contributed by atoms with Gasteiger partial charge < -0.3 is 9.84 Å². The molecule has 1 aromatic heterocycles. The summed E-state index contributed by atoms with van der Waals surface area (Å²) >= 11 is 0. The number of carboxylic acid groups (broad SMARTS) is 1. The van der Waals surface area contributed by atoms with E-state index in [4.69, 9.17) is 9.84 Å². The SMILES string of the molecule is COCc1ccccc1-n1nnc(CC(=O)O)c1C. The van der Waals surface area contributed by atoms with Gasteiger partial charge in [0.1, 0.15) is 0 Å². The van der Waals surface area contributed by atoms with Gasteiger partial charge in [0, 0.05) is 12.7 Å². The normalized spacial score (nSPS) is 10.6. The van der Waals surface area contributed by atoms with Crippen LogP contribution in [0.1, 0.15) is 17.0 Å². The Labute approximate surface area is 110 Å². The lowest BCUT2D eigenvalue weighted by Gasteiger charge is -2.09. The zero-order valence-electron chi connectivity index (χ0n) is 10.8. The molecule has 0 amide bonds. The molecular weight excluding hydrogens is 246 g/mol. The largest absolute Gasteiger partial charge is 0.481 e. The van der Waals surface area contributed by atoms with Crippen LogP contribution in [-0.2, 0) is 22.6 Å². The first-order chi connectivity index (χ1) is 9.13. The molecule has 2 aromatic rings. The van der Waals surface area contributed by atoms with Crippen LogP contribution in [0.15, 0.2) is 24.3 Å². The van der Waals surface area contributed by atoms with E-state index in [1.165, 1.54) is 0 Å². The van der Waals surface area contributed by atoms with Crippen LogP contribution in [0.25, 0.3) is 5.69 Å². The third-order valence-electron chi connectivity index (χ3n) is 2.83. The zero-order chi connectivity index (χ0) is 13.8. The molecule has 100 valence electrons. The van der Waals surface area contributed by atoms with Gasteiger partial charge in [-0.15, -0.1) is 5.10 Å². The number of hydrogen-bond donors (Lipinski definition) is 1. The molecule has 0 atom stereocenters. The molecule has 0 bridgehead atoms. The molecule has 0 aliphatic carbocycles. The van der Waals surface area contributed by atoms with Crippen molar-refractivity contribution < 1.29 is 14.6 Å². The molecule has 6 heteroatoms. The summed E-state index contributed by atoms with van der Waals surface area (Å²) in [6.07, 6.45) is -0.127. The average molecular weight is 261 g/mol. The van der Waals surface area contributed by atoms with Gasteiger partial charge >= 0.3 is 5.97 Å². The van der Waals surface area contributed by atoms with Gasteiger partial charge in [-0.2, -0.15) is 0 Å². The van der Waals surface area contributed by atoms with E-state index in [-0.39, 0.29) is 6.42 Å². The van der Waals surface area contributed by atoms with Crippen molar-refractivity contribution in [2.24, 2.45) is 0 Å². The number of hydrogen-bond acceptors (Lipinski definition) is 4. The van der Waals surface area contributed by atoms with E-state index in [1.807, 2.05) is 31.2 Å². The van der Waals surface area contributed by atoms with Crippen molar-refractivity contribution in [3.63, 3.8) is 0 Å². The van der Waals surface area contributed by atoms with Gasteiger partial charge in [-0.05, 0) is 13.0 Å². The Morgan fingerprint density at radius 2 is 2.16 bits per heavy atom. The number of aliphatic carboxylic acids is 1. The molecule has 1 heterocycles. The summed E-state index contributed by atoms with van der Waals surface area (Å²) < 4.78 is 6.79. The number of aromatic nitrogens is 3. The predicted octanol–water partition coefficient (Wildman–Crippen LogP) is 1.35. The number of methoxy groups -OCH3 is 1. The Kier molecular flexibility index (Phi) is 3.91. The molecule has 6 nitrogen and oxygen atoms in total. The number of benzene rings is 1. The van der Waals surface area contributed by atoms with Gasteiger partial charge in [-0.25, -0.2) is 4.68 Å². The molecule has 0 aliphatic heterocycles. The van der Waals surface area contributed by atoms with Crippen molar-refractivity contribution in [2.45, 2.75) is 20.0 Å². The first kappa shape index (κ1) is 13.2. The Bertz CT molecular complexity index is 593. The van der Waals surface area contributed by atoms with E-state index >= 15 is 0 Å². The Hall–Kier alpha value is -2.21. The third kappa shape index (κ3) is 2.79. The molecule has 0 saturated heterocycles. The van der Waals surface area contributed by atoms with Gasteiger partial charge in [0.15, 0.2) is 0 Å². The van der Waals surface area contributed by atoms with Gasteiger partial charge in [-0.3, -0.25) is 4.79 Å². The molecule has 0 radical (unpaired) electrons. The Morgan fingerprint density at radius 1 is 1.42 bits per heavy atom. The van der Waals surface area contributed by atoms with Crippen molar-refractivity contribution in [1.29, 1.82) is 0 Å². The van der Waals surface area contributed by atoms with E-state index in [0.717, 1.165) is 16.9 Å². The van der Waals surface area contributed by atoms with Crippen molar-refractivity contribution in [3.8, 4) is 5.69 Å². The molecule has 19 heavy (non-hydrogen) atoms. The van der Waals surface area contributed by atoms with Crippen LogP contribution in [0.2, 0.25) is 0 Å². The molecule has 0 fully saturated rings. The third-order valence-corrected chi connectivity index (χ3v) is 2.83. The quantitative estimate of drug-likeness (QED) is 0.879. The maximum Gasteiger partial charge on any atom is 0.309 e. The van der Waals surface area contributed by atoms with Crippen molar-refractivity contribution >= 4 is 5.97 Å². The molecule has 1 aromatic carbocycles. The van der Waals surface area contributed by atoms with E-state index in [9.17, 15) is 4.79 Å². The molecule has 0 saturated carbocycles. The Balaban J connectivity index is 2.42. The first-order valence-corrected chi connectivity index (χ1v) is 5.83. The summed E-state index contributed by atoms with van der Waals surface area (Å²) in [6.45, 7) is 2.27. The van der Waals surface area contributed by atoms with Crippen molar-refractivity contribution in [2.75, 3.05) is 7.11 Å². The summed E-state index contributed by atoms with van der Waals surface area (Å²) in [5.74, 6) is -0.916. The number of nitrogens with zero attached hydrogens (tertiary/aromatic N) is 3. The molecule has 2 rings (SSSR count). The second kappa shape index (κ2) is 5.62. The number of carboxylic acids is 1. The van der Waals surface area contributed by atoms with Gasteiger partial charge in [-0.1, -0.05) is 23.4 Å². The molecule has 1 N–H and O–H groups in total. The van der Waals surface area contributed by atoms with E-state index < -0.39 is 5.97 Å². The van der Waals surface area contributed by atoms with Gasteiger partial charge in [0.25, 0.3) is 0 Å². The maximum atomic E-state index is 10.7. The van der Waals surface area contributed by atoms with Crippen LogP contribution >= 0.6 is 0 Å². The minimum Gasteiger partial charge on any atom is -0.481 e. The molecule has 0 aliphatic rings. The monoisotopic (exact) mass is 261 g/mol. The lowest BCUT2D eigenvalue weighted by Crippen LogP contribution is -2.06. The van der Waals surface area contributed by atoms with Crippen molar-refractivity contribution in [1.82, 2.24) is 15.0 Å². The fourth-order valence-electron chi connectivity index (χ4n) is 1.89. The second-order valence-corrected chi connectivity index (χ2v) is 4.17. The lowest BCUT2D eigenvalue weighted by molar-refractivity contribution is -0.136. The number of ether oxygens (including phenoxy) is 1. The number of para-hydroxylation sites is 1.